The minimum absolute atomic E-state index is 0.221. The molecule has 0 aliphatic carbocycles. The molecule has 4 heteroatoms. The van der Waals surface area contributed by atoms with Gasteiger partial charge in [0.2, 0.25) is 6.79 Å². The highest BCUT2D eigenvalue weighted by atomic mass is 16.7. The van der Waals surface area contributed by atoms with E-state index in [0.29, 0.717) is 17.1 Å². The average molecular weight is 342 g/mol. The summed E-state index contributed by atoms with van der Waals surface area (Å²) in [5.41, 5.74) is 4.71. The Morgan fingerprint density at radius 2 is 2.04 bits per heavy atom. The zero-order valence-corrected chi connectivity index (χ0v) is 14.5. The summed E-state index contributed by atoms with van der Waals surface area (Å²) >= 11 is 0. The van der Waals surface area contributed by atoms with Crippen molar-refractivity contribution in [1.29, 1.82) is 5.26 Å². The summed E-state index contributed by atoms with van der Waals surface area (Å²) in [5, 5.41) is 10.9. The first kappa shape index (κ1) is 16.0. The zero-order valence-electron chi connectivity index (χ0n) is 14.5. The van der Waals surface area contributed by atoms with Gasteiger partial charge in [-0.15, -0.1) is 6.58 Å². The molecule has 0 amide bonds. The summed E-state index contributed by atoms with van der Waals surface area (Å²) in [6.07, 6.45) is 3.84. The SMILES string of the molecule is C=CCn1c(C)c(/C=C(/C#N)c2ccc3c(c2)OCO3)c2ccccc21. The largest absolute Gasteiger partial charge is 0.454 e. The Balaban J connectivity index is 1.88. The maximum Gasteiger partial charge on any atom is 0.231 e. The molecule has 4 nitrogen and oxygen atoms in total. The molecule has 128 valence electrons. The number of nitriles is 1. The van der Waals surface area contributed by atoms with E-state index in [4.69, 9.17) is 9.47 Å². The Kier molecular flexibility index (Phi) is 3.98. The number of nitrogens with zero attached hydrogens (tertiary/aromatic N) is 2. The van der Waals surface area contributed by atoms with Crippen LogP contribution in [0.15, 0.2) is 55.1 Å². The van der Waals surface area contributed by atoms with Crippen molar-refractivity contribution in [3.63, 3.8) is 0 Å². The van der Waals surface area contributed by atoms with Crippen molar-refractivity contribution in [2.45, 2.75) is 13.5 Å². The molecular weight excluding hydrogens is 324 g/mol. The normalized spacial score (nSPS) is 13.0. The molecule has 0 radical (unpaired) electrons. The summed E-state index contributed by atoms with van der Waals surface area (Å²) in [6, 6.07) is 16.1. The molecule has 0 N–H and O–H groups in total. The van der Waals surface area contributed by atoms with E-state index in [1.165, 1.54) is 0 Å². The van der Waals surface area contributed by atoms with Gasteiger partial charge in [-0.1, -0.05) is 24.3 Å². The molecule has 0 unspecified atom stereocenters. The third-order valence-corrected chi connectivity index (χ3v) is 4.68. The number of hydrogen-bond donors (Lipinski definition) is 0. The van der Waals surface area contributed by atoms with E-state index in [9.17, 15) is 5.26 Å². The maximum absolute atomic E-state index is 9.75. The van der Waals surface area contributed by atoms with Crippen molar-refractivity contribution in [2.75, 3.05) is 6.79 Å². The molecular formula is C22H18N2O2. The van der Waals surface area contributed by atoms with Crippen molar-refractivity contribution in [3.05, 3.63) is 71.9 Å². The standard InChI is InChI=1S/C22H18N2O2/c1-3-10-24-15(2)19(18-6-4-5-7-20(18)24)11-17(13-23)16-8-9-21-22(12-16)26-14-25-21/h3-9,11-12H,1,10,14H2,2H3/b17-11-. The summed E-state index contributed by atoms with van der Waals surface area (Å²) in [7, 11) is 0. The Hall–Kier alpha value is -3.45. The average Bonchev–Trinajstić information content (AvgIpc) is 3.23. The Morgan fingerprint density at radius 1 is 1.23 bits per heavy atom. The second kappa shape index (κ2) is 6.45. The highest BCUT2D eigenvalue weighted by molar-refractivity contribution is 5.99. The van der Waals surface area contributed by atoms with E-state index in [1.807, 2.05) is 42.5 Å². The Morgan fingerprint density at radius 3 is 2.85 bits per heavy atom. The van der Waals surface area contributed by atoms with Gasteiger partial charge >= 0.3 is 0 Å². The van der Waals surface area contributed by atoms with E-state index in [2.05, 4.69) is 36.3 Å². The number of rotatable bonds is 4. The summed E-state index contributed by atoms with van der Waals surface area (Å²) in [6.45, 7) is 6.88. The van der Waals surface area contributed by atoms with Crippen LogP contribution in [0, 0.1) is 18.3 Å². The Labute approximate surface area is 152 Å². The maximum atomic E-state index is 9.75. The predicted molar refractivity (Wildman–Crippen MR) is 103 cm³/mol. The molecule has 3 aromatic rings. The van der Waals surface area contributed by atoms with Gasteiger partial charge in [0, 0.05) is 28.7 Å². The van der Waals surface area contributed by atoms with Gasteiger partial charge < -0.3 is 14.0 Å². The van der Waals surface area contributed by atoms with Crippen LogP contribution in [-0.2, 0) is 6.54 Å². The lowest BCUT2D eigenvalue weighted by atomic mass is 10.0. The lowest BCUT2D eigenvalue weighted by molar-refractivity contribution is 0.174. The number of allylic oxidation sites excluding steroid dienone is 2. The lowest BCUT2D eigenvalue weighted by Crippen LogP contribution is -1.97. The van der Waals surface area contributed by atoms with Gasteiger partial charge in [0.15, 0.2) is 11.5 Å². The van der Waals surface area contributed by atoms with Crippen LogP contribution in [0.1, 0.15) is 16.8 Å². The van der Waals surface area contributed by atoms with E-state index in [-0.39, 0.29) is 6.79 Å². The van der Waals surface area contributed by atoms with Crippen molar-refractivity contribution >= 4 is 22.6 Å². The summed E-state index contributed by atoms with van der Waals surface area (Å²) < 4.78 is 13.0. The molecule has 1 aliphatic heterocycles. The van der Waals surface area contributed by atoms with E-state index in [1.54, 1.807) is 0 Å². The number of hydrogen-bond acceptors (Lipinski definition) is 3. The minimum Gasteiger partial charge on any atom is -0.454 e. The molecule has 0 bridgehead atoms. The van der Waals surface area contributed by atoms with E-state index < -0.39 is 0 Å². The number of aromatic nitrogens is 1. The van der Waals surface area contributed by atoms with Crippen LogP contribution in [0.25, 0.3) is 22.6 Å². The molecule has 4 rings (SSSR count). The third kappa shape index (κ3) is 2.55. The fraction of sp³-hybridized carbons (Fsp3) is 0.136. The van der Waals surface area contributed by atoms with Crippen LogP contribution in [0.4, 0.5) is 0 Å². The second-order valence-corrected chi connectivity index (χ2v) is 6.15. The number of para-hydroxylation sites is 1. The first-order valence-corrected chi connectivity index (χ1v) is 8.43. The van der Waals surface area contributed by atoms with Gasteiger partial charge in [-0.2, -0.15) is 5.26 Å². The van der Waals surface area contributed by atoms with Crippen LogP contribution < -0.4 is 9.47 Å². The number of ether oxygens (including phenoxy) is 2. The Bertz CT molecular complexity index is 1080. The molecule has 2 aromatic carbocycles. The second-order valence-electron chi connectivity index (χ2n) is 6.15. The molecule has 0 saturated heterocycles. The van der Waals surface area contributed by atoms with Gasteiger partial charge in [-0.3, -0.25) is 0 Å². The summed E-state index contributed by atoms with van der Waals surface area (Å²) in [4.78, 5) is 0. The van der Waals surface area contributed by atoms with Gasteiger partial charge in [-0.25, -0.2) is 0 Å². The van der Waals surface area contributed by atoms with Crippen molar-refractivity contribution in [2.24, 2.45) is 0 Å². The lowest BCUT2D eigenvalue weighted by Gasteiger charge is -2.05. The zero-order chi connectivity index (χ0) is 18.1. The van der Waals surface area contributed by atoms with Crippen LogP contribution in [0.3, 0.4) is 0 Å². The minimum atomic E-state index is 0.221. The third-order valence-electron chi connectivity index (χ3n) is 4.68. The highest BCUT2D eigenvalue weighted by Crippen LogP contribution is 2.36. The first-order valence-electron chi connectivity index (χ1n) is 8.43. The number of fused-ring (bicyclic) bond motifs is 2. The van der Waals surface area contributed by atoms with Gasteiger partial charge in [0.25, 0.3) is 0 Å². The fourth-order valence-corrected chi connectivity index (χ4v) is 3.39. The van der Waals surface area contributed by atoms with Crippen molar-refractivity contribution in [3.8, 4) is 17.6 Å². The van der Waals surface area contributed by atoms with Gasteiger partial charge in [-0.05, 0) is 42.8 Å². The fourth-order valence-electron chi connectivity index (χ4n) is 3.39. The quantitative estimate of drug-likeness (QED) is 0.499. The van der Waals surface area contributed by atoms with E-state index in [0.717, 1.165) is 34.3 Å². The molecule has 1 aliphatic rings. The van der Waals surface area contributed by atoms with Gasteiger partial charge in [0.05, 0.1) is 11.6 Å². The summed E-state index contributed by atoms with van der Waals surface area (Å²) in [5.74, 6) is 1.39. The van der Waals surface area contributed by atoms with E-state index >= 15 is 0 Å². The van der Waals surface area contributed by atoms with Crippen LogP contribution >= 0.6 is 0 Å². The van der Waals surface area contributed by atoms with Crippen LogP contribution in [-0.4, -0.2) is 11.4 Å². The van der Waals surface area contributed by atoms with Gasteiger partial charge in [0.1, 0.15) is 0 Å². The monoisotopic (exact) mass is 342 g/mol. The van der Waals surface area contributed by atoms with Crippen LogP contribution in [0.5, 0.6) is 11.5 Å². The van der Waals surface area contributed by atoms with Crippen molar-refractivity contribution < 1.29 is 9.47 Å². The predicted octanol–water partition coefficient (Wildman–Crippen LogP) is 4.93. The number of benzene rings is 2. The molecule has 2 heterocycles. The molecule has 0 fully saturated rings. The molecule has 0 atom stereocenters. The molecule has 26 heavy (non-hydrogen) atoms. The van der Waals surface area contributed by atoms with Crippen molar-refractivity contribution in [1.82, 2.24) is 4.57 Å². The molecule has 0 spiro atoms. The smallest absolute Gasteiger partial charge is 0.231 e. The highest BCUT2D eigenvalue weighted by Gasteiger charge is 2.16. The molecule has 1 aromatic heterocycles. The van der Waals surface area contributed by atoms with Crippen LogP contribution in [0.2, 0.25) is 0 Å². The first-order chi connectivity index (χ1) is 12.7. The topological polar surface area (TPSA) is 47.2 Å². The molecule has 0 saturated carbocycles.